The van der Waals surface area contributed by atoms with Gasteiger partial charge in [-0.05, 0) is 32.6 Å². The van der Waals surface area contributed by atoms with Gasteiger partial charge in [-0.15, -0.1) is 0 Å². The van der Waals surface area contributed by atoms with Gasteiger partial charge in [0.1, 0.15) is 6.54 Å². The number of para-hydroxylation sites is 1. The van der Waals surface area contributed by atoms with Crippen molar-refractivity contribution >= 4 is 16.8 Å². The molecule has 1 saturated carbocycles. The number of amides is 1. The molecular weight excluding hydrogens is 320 g/mol. The second-order valence-electron chi connectivity index (χ2n) is 7.03. The highest BCUT2D eigenvalue weighted by Crippen LogP contribution is 2.41. The van der Waals surface area contributed by atoms with Crippen molar-refractivity contribution in [2.45, 2.75) is 31.2 Å². The van der Waals surface area contributed by atoms with E-state index in [-0.39, 0.29) is 36.2 Å². The maximum Gasteiger partial charge on any atom is 0.261 e. The molecule has 2 aliphatic rings. The number of carbonyl (C=O) groups excluding carboxylic acids is 1. The molecule has 7 heteroatoms. The summed E-state index contributed by atoms with van der Waals surface area (Å²) in [5.41, 5.74) is 0.447. The van der Waals surface area contributed by atoms with Crippen LogP contribution in [0.1, 0.15) is 6.42 Å². The first kappa shape index (κ1) is 16.2. The lowest BCUT2D eigenvalue weighted by Gasteiger charge is -2.50. The van der Waals surface area contributed by atoms with Crippen LogP contribution in [-0.4, -0.2) is 59.2 Å². The smallest absolute Gasteiger partial charge is 0.261 e. The SMILES string of the molecule is CN(C)[C@@H]1[C@@H](NC(=O)Cn2cnc3ccccc3c2=O)[C@H]2CCO[C@H]21. The lowest BCUT2D eigenvalue weighted by atomic mass is 9.71. The van der Waals surface area contributed by atoms with Gasteiger partial charge in [0, 0.05) is 12.5 Å². The number of hydrogen-bond donors (Lipinski definition) is 1. The third-order valence-corrected chi connectivity index (χ3v) is 5.32. The van der Waals surface area contributed by atoms with Crippen LogP contribution in [0.15, 0.2) is 35.4 Å². The maximum absolute atomic E-state index is 12.5. The van der Waals surface area contributed by atoms with Crippen LogP contribution >= 0.6 is 0 Å². The largest absolute Gasteiger partial charge is 0.376 e. The van der Waals surface area contributed by atoms with Crippen molar-refractivity contribution in [2.75, 3.05) is 20.7 Å². The molecule has 0 spiro atoms. The highest BCUT2D eigenvalue weighted by molar-refractivity contribution is 5.79. The Morgan fingerprint density at radius 1 is 1.40 bits per heavy atom. The number of fused-ring (bicyclic) bond motifs is 2. The van der Waals surface area contributed by atoms with Gasteiger partial charge in [0.05, 0.1) is 35.4 Å². The van der Waals surface area contributed by atoms with Gasteiger partial charge in [0.25, 0.3) is 5.56 Å². The molecule has 0 unspecified atom stereocenters. The molecule has 7 nitrogen and oxygen atoms in total. The lowest BCUT2D eigenvalue weighted by molar-refractivity contribution is -0.128. The quantitative estimate of drug-likeness (QED) is 0.861. The Morgan fingerprint density at radius 2 is 2.20 bits per heavy atom. The van der Waals surface area contributed by atoms with Crippen molar-refractivity contribution < 1.29 is 9.53 Å². The van der Waals surface area contributed by atoms with E-state index in [1.54, 1.807) is 18.2 Å². The van der Waals surface area contributed by atoms with Crippen molar-refractivity contribution in [2.24, 2.45) is 5.92 Å². The van der Waals surface area contributed by atoms with Gasteiger partial charge in [-0.25, -0.2) is 4.98 Å². The Balaban J connectivity index is 1.49. The molecular formula is C18H22N4O3. The normalized spacial score (nSPS) is 28.0. The van der Waals surface area contributed by atoms with E-state index in [9.17, 15) is 9.59 Å². The summed E-state index contributed by atoms with van der Waals surface area (Å²) in [4.78, 5) is 31.4. The molecule has 1 saturated heterocycles. The van der Waals surface area contributed by atoms with Gasteiger partial charge in [0.15, 0.2) is 0 Å². The fraction of sp³-hybridized carbons (Fsp3) is 0.500. The van der Waals surface area contributed by atoms with Crippen molar-refractivity contribution in [3.63, 3.8) is 0 Å². The fourth-order valence-electron chi connectivity index (χ4n) is 4.09. The second-order valence-corrected chi connectivity index (χ2v) is 7.03. The first-order chi connectivity index (χ1) is 12.1. The monoisotopic (exact) mass is 342 g/mol. The van der Waals surface area contributed by atoms with Crippen LogP contribution in [0, 0.1) is 5.92 Å². The van der Waals surface area contributed by atoms with Crippen LogP contribution in [0.25, 0.3) is 10.9 Å². The van der Waals surface area contributed by atoms with Crippen LogP contribution in [0.4, 0.5) is 0 Å². The van der Waals surface area contributed by atoms with Crippen molar-refractivity contribution in [3.8, 4) is 0 Å². The summed E-state index contributed by atoms with van der Waals surface area (Å²) in [6.07, 6.45) is 2.61. The van der Waals surface area contributed by atoms with Crippen LogP contribution in [0.5, 0.6) is 0 Å². The van der Waals surface area contributed by atoms with E-state index in [0.29, 0.717) is 16.8 Å². The van der Waals surface area contributed by atoms with Gasteiger partial charge in [-0.2, -0.15) is 0 Å². The Bertz CT molecular complexity index is 863. The molecule has 2 fully saturated rings. The third-order valence-electron chi connectivity index (χ3n) is 5.32. The molecule has 1 aliphatic carbocycles. The number of nitrogens with one attached hydrogen (secondary N) is 1. The van der Waals surface area contributed by atoms with Crippen molar-refractivity contribution in [1.82, 2.24) is 19.8 Å². The Morgan fingerprint density at radius 3 is 3.00 bits per heavy atom. The zero-order valence-corrected chi connectivity index (χ0v) is 14.4. The average molecular weight is 342 g/mol. The van der Waals surface area contributed by atoms with Gasteiger partial charge in [-0.3, -0.25) is 14.2 Å². The minimum atomic E-state index is -0.194. The van der Waals surface area contributed by atoms with Crippen molar-refractivity contribution in [3.05, 3.63) is 40.9 Å². The number of ether oxygens (including phenoxy) is 1. The zero-order chi connectivity index (χ0) is 17.6. The molecule has 2 aromatic rings. The zero-order valence-electron chi connectivity index (χ0n) is 14.4. The minimum Gasteiger partial charge on any atom is -0.376 e. The lowest BCUT2D eigenvalue weighted by Crippen LogP contribution is -2.69. The molecule has 0 bridgehead atoms. The number of likely N-dealkylation sites (N-methyl/N-ethyl adjacent to an activating group) is 1. The van der Waals surface area contributed by atoms with E-state index in [1.165, 1.54) is 10.9 Å². The van der Waals surface area contributed by atoms with E-state index in [2.05, 4.69) is 15.2 Å². The molecule has 25 heavy (non-hydrogen) atoms. The van der Waals surface area contributed by atoms with Gasteiger partial charge in [-0.1, -0.05) is 12.1 Å². The number of carbonyl (C=O) groups is 1. The predicted octanol–water partition coefficient (Wildman–Crippen LogP) is 0.230. The van der Waals surface area contributed by atoms with Crippen LogP contribution < -0.4 is 10.9 Å². The van der Waals surface area contributed by atoms with E-state index < -0.39 is 0 Å². The van der Waals surface area contributed by atoms with E-state index in [4.69, 9.17) is 4.74 Å². The Kier molecular flexibility index (Phi) is 4.05. The van der Waals surface area contributed by atoms with Gasteiger partial charge in [0.2, 0.25) is 5.91 Å². The summed E-state index contributed by atoms with van der Waals surface area (Å²) in [6.45, 7) is 0.728. The average Bonchev–Trinajstić information content (AvgIpc) is 2.99. The van der Waals surface area contributed by atoms with Crippen molar-refractivity contribution in [1.29, 1.82) is 0 Å². The number of rotatable bonds is 4. The summed E-state index contributed by atoms with van der Waals surface area (Å²) in [5.74, 6) is 0.198. The second kappa shape index (κ2) is 6.24. The number of hydrogen-bond acceptors (Lipinski definition) is 5. The van der Waals surface area contributed by atoms with Crippen LogP contribution in [-0.2, 0) is 16.1 Å². The summed E-state index contributed by atoms with van der Waals surface area (Å²) in [5, 5.41) is 3.62. The number of benzene rings is 1. The summed E-state index contributed by atoms with van der Waals surface area (Å²) in [7, 11) is 4.00. The van der Waals surface area contributed by atoms with E-state index in [0.717, 1.165) is 13.0 Å². The van der Waals surface area contributed by atoms with Gasteiger partial charge >= 0.3 is 0 Å². The molecule has 4 atom stereocenters. The molecule has 0 radical (unpaired) electrons. The minimum absolute atomic E-state index is 0.0223. The highest BCUT2D eigenvalue weighted by Gasteiger charge is 2.55. The third kappa shape index (κ3) is 2.73. The topological polar surface area (TPSA) is 76.5 Å². The molecule has 132 valence electrons. The Labute approximate surface area is 145 Å². The first-order valence-electron chi connectivity index (χ1n) is 8.58. The molecule has 2 heterocycles. The number of aromatic nitrogens is 2. The fourth-order valence-corrected chi connectivity index (χ4v) is 4.09. The molecule has 1 amide bonds. The standard InChI is InChI=1S/C18H22N4O3/c1-21(2)16-15(12-7-8-25-17(12)16)20-14(23)9-22-10-19-13-6-4-3-5-11(13)18(22)24/h3-6,10,12,15-17H,7-9H2,1-2H3,(H,20,23)/t12-,15+,16-,17-/m1/s1. The molecule has 4 rings (SSSR count). The molecule has 1 aromatic heterocycles. The Hall–Kier alpha value is -2.25. The van der Waals surface area contributed by atoms with E-state index >= 15 is 0 Å². The molecule has 1 aliphatic heterocycles. The molecule has 1 N–H and O–H groups in total. The predicted molar refractivity (Wildman–Crippen MR) is 93.3 cm³/mol. The van der Waals surface area contributed by atoms with Crippen LogP contribution in [0.3, 0.4) is 0 Å². The number of nitrogens with zero attached hydrogens (tertiary/aromatic N) is 3. The maximum atomic E-state index is 12.5. The highest BCUT2D eigenvalue weighted by atomic mass is 16.5. The van der Waals surface area contributed by atoms with Crippen LogP contribution in [0.2, 0.25) is 0 Å². The molecule has 1 aromatic carbocycles. The summed E-state index contributed by atoms with van der Waals surface area (Å²) >= 11 is 0. The van der Waals surface area contributed by atoms with Gasteiger partial charge < -0.3 is 15.0 Å². The summed E-state index contributed by atoms with van der Waals surface area (Å²) in [6, 6.07) is 7.41. The first-order valence-corrected chi connectivity index (χ1v) is 8.58. The van der Waals surface area contributed by atoms with E-state index in [1.807, 2.05) is 20.2 Å². The summed E-state index contributed by atoms with van der Waals surface area (Å²) < 4.78 is 7.13.